The fourth-order valence-electron chi connectivity index (χ4n) is 2.82. The summed E-state index contributed by atoms with van der Waals surface area (Å²) in [5, 5.41) is 3.28. The van der Waals surface area contributed by atoms with Crippen LogP contribution in [0.15, 0.2) is 6.07 Å². The number of anilines is 2. The SMILES string of the molecule is CCCNc1cc(N(CC(N)=O)C2CCCC2)nc(C)n1. The van der Waals surface area contributed by atoms with Crippen molar-refractivity contribution in [3.63, 3.8) is 0 Å². The molecule has 1 heterocycles. The van der Waals surface area contributed by atoms with Crippen LogP contribution in [0.5, 0.6) is 0 Å². The third-order valence-electron chi connectivity index (χ3n) is 3.77. The van der Waals surface area contributed by atoms with Crippen LogP contribution in [0.25, 0.3) is 0 Å². The molecule has 0 aromatic carbocycles. The minimum absolute atomic E-state index is 0.217. The van der Waals surface area contributed by atoms with E-state index in [1.54, 1.807) is 0 Å². The van der Waals surface area contributed by atoms with Gasteiger partial charge >= 0.3 is 0 Å². The van der Waals surface area contributed by atoms with E-state index in [4.69, 9.17) is 5.73 Å². The minimum atomic E-state index is -0.318. The minimum Gasteiger partial charge on any atom is -0.370 e. The smallest absolute Gasteiger partial charge is 0.237 e. The molecule has 1 aliphatic carbocycles. The van der Waals surface area contributed by atoms with Gasteiger partial charge in [0.05, 0.1) is 6.54 Å². The number of rotatable bonds is 7. The van der Waals surface area contributed by atoms with Crippen LogP contribution in [0.2, 0.25) is 0 Å². The van der Waals surface area contributed by atoms with Gasteiger partial charge in [0.2, 0.25) is 5.91 Å². The maximum absolute atomic E-state index is 11.4. The molecule has 2 rings (SSSR count). The van der Waals surface area contributed by atoms with Crippen LogP contribution in [0.4, 0.5) is 11.6 Å². The number of aryl methyl sites for hydroxylation is 1. The Balaban J connectivity index is 2.24. The highest BCUT2D eigenvalue weighted by Gasteiger charge is 2.25. The molecule has 0 spiro atoms. The Morgan fingerprint density at radius 3 is 2.76 bits per heavy atom. The standard InChI is InChI=1S/C15H25N5O/c1-3-8-17-14-9-15(19-11(2)18-14)20(10-13(16)21)12-6-4-5-7-12/h9,12H,3-8,10H2,1-2H3,(H2,16,21)(H,17,18,19). The van der Waals surface area contributed by atoms with Gasteiger partial charge < -0.3 is 16.0 Å². The molecule has 1 aromatic rings. The molecule has 1 amide bonds. The van der Waals surface area contributed by atoms with E-state index in [0.29, 0.717) is 11.9 Å². The molecule has 6 nitrogen and oxygen atoms in total. The fraction of sp³-hybridized carbons (Fsp3) is 0.667. The molecular formula is C15H25N5O. The second-order valence-corrected chi connectivity index (χ2v) is 5.62. The predicted molar refractivity (Wildman–Crippen MR) is 84.3 cm³/mol. The molecule has 1 aliphatic rings. The lowest BCUT2D eigenvalue weighted by atomic mass is 10.2. The van der Waals surface area contributed by atoms with Crippen molar-refractivity contribution in [2.24, 2.45) is 5.73 Å². The van der Waals surface area contributed by atoms with Gasteiger partial charge in [-0.25, -0.2) is 9.97 Å². The van der Waals surface area contributed by atoms with E-state index in [9.17, 15) is 4.79 Å². The van der Waals surface area contributed by atoms with E-state index < -0.39 is 0 Å². The molecule has 1 aromatic heterocycles. The molecule has 116 valence electrons. The van der Waals surface area contributed by atoms with E-state index in [2.05, 4.69) is 22.2 Å². The summed E-state index contributed by atoms with van der Waals surface area (Å²) in [6.07, 6.45) is 5.62. The summed E-state index contributed by atoms with van der Waals surface area (Å²) in [4.78, 5) is 22.3. The van der Waals surface area contributed by atoms with Crippen LogP contribution < -0.4 is 16.0 Å². The Labute approximate surface area is 126 Å². The summed E-state index contributed by atoms with van der Waals surface area (Å²) in [7, 11) is 0. The second kappa shape index (κ2) is 7.24. The summed E-state index contributed by atoms with van der Waals surface area (Å²) in [6.45, 7) is 5.07. The Morgan fingerprint density at radius 2 is 2.14 bits per heavy atom. The van der Waals surface area contributed by atoms with Gasteiger partial charge in [-0.05, 0) is 26.2 Å². The maximum atomic E-state index is 11.4. The molecule has 0 aliphatic heterocycles. The number of nitrogens with one attached hydrogen (secondary N) is 1. The van der Waals surface area contributed by atoms with Crippen molar-refractivity contribution in [2.75, 3.05) is 23.3 Å². The number of carbonyl (C=O) groups excluding carboxylic acids is 1. The Morgan fingerprint density at radius 1 is 1.43 bits per heavy atom. The van der Waals surface area contributed by atoms with Crippen molar-refractivity contribution in [1.29, 1.82) is 0 Å². The lowest BCUT2D eigenvalue weighted by Crippen LogP contribution is -2.40. The maximum Gasteiger partial charge on any atom is 0.237 e. The van der Waals surface area contributed by atoms with Gasteiger partial charge in [0, 0.05) is 18.7 Å². The van der Waals surface area contributed by atoms with Crippen molar-refractivity contribution in [2.45, 2.75) is 52.0 Å². The third-order valence-corrected chi connectivity index (χ3v) is 3.77. The van der Waals surface area contributed by atoms with Gasteiger partial charge in [-0.2, -0.15) is 0 Å². The highest BCUT2D eigenvalue weighted by atomic mass is 16.1. The summed E-state index contributed by atoms with van der Waals surface area (Å²) in [6, 6.07) is 2.27. The molecule has 0 saturated heterocycles. The molecule has 21 heavy (non-hydrogen) atoms. The van der Waals surface area contributed by atoms with E-state index in [0.717, 1.165) is 37.4 Å². The molecule has 0 radical (unpaired) electrons. The number of amides is 1. The van der Waals surface area contributed by atoms with E-state index in [-0.39, 0.29) is 12.5 Å². The lowest BCUT2D eigenvalue weighted by Gasteiger charge is -2.29. The van der Waals surface area contributed by atoms with Gasteiger partial charge in [0.15, 0.2) is 0 Å². The van der Waals surface area contributed by atoms with Crippen LogP contribution in [0, 0.1) is 6.92 Å². The Hall–Kier alpha value is -1.85. The summed E-state index contributed by atoms with van der Waals surface area (Å²) in [5.41, 5.74) is 5.41. The first-order chi connectivity index (χ1) is 10.1. The van der Waals surface area contributed by atoms with Crippen LogP contribution in [-0.2, 0) is 4.79 Å². The summed E-state index contributed by atoms with van der Waals surface area (Å²) in [5.74, 6) is 2.00. The Kier molecular flexibility index (Phi) is 5.36. The molecule has 0 unspecified atom stereocenters. The van der Waals surface area contributed by atoms with Crippen molar-refractivity contribution >= 4 is 17.5 Å². The zero-order valence-corrected chi connectivity index (χ0v) is 12.9. The number of carbonyl (C=O) groups is 1. The number of aromatic nitrogens is 2. The highest BCUT2D eigenvalue weighted by molar-refractivity contribution is 5.79. The molecule has 1 fully saturated rings. The second-order valence-electron chi connectivity index (χ2n) is 5.62. The number of hydrogen-bond donors (Lipinski definition) is 2. The van der Waals surface area contributed by atoms with Crippen molar-refractivity contribution in [1.82, 2.24) is 9.97 Å². The Bertz CT molecular complexity index is 485. The third kappa shape index (κ3) is 4.31. The first kappa shape index (κ1) is 15.5. The zero-order valence-electron chi connectivity index (χ0n) is 12.9. The van der Waals surface area contributed by atoms with Crippen LogP contribution in [0.3, 0.4) is 0 Å². The lowest BCUT2D eigenvalue weighted by molar-refractivity contribution is -0.116. The number of nitrogens with two attached hydrogens (primary N) is 1. The molecular weight excluding hydrogens is 266 g/mol. The normalized spacial score (nSPS) is 15.1. The van der Waals surface area contributed by atoms with Gasteiger partial charge in [-0.3, -0.25) is 4.79 Å². The average Bonchev–Trinajstić information content (AvgIpc) is 2.95. The number of primary amides is 1. The fourth-order valence-corrected chi connectivity index (χ4v) is 2.82. The van der Waals surface area contributed by atoms with Crippen LogP contribution in [-0.4, -0.2) is 35.0 Å². The summed E-state index contributed by atoms with van der Waals surface area (Å²) < 4.78 is 0. The topological polar surface area (TPSA) is 84.1 Å². The largest absolute Gasteiger partial charge is 0.370 e. The first-order valence-corrected chi connectivity index (χ1v) is 7.74. The monoisotopic (exact) mass is 291 g/mol. The molecule has 1 saturated carbocycles. The number of hydrogen-bond acceptors (Lipinski definition) is 5. The van der Waals surface area contributed by atoms with Crippen LogP contribution >= 0.6 is 0 Å². The van der Waals surface area contributed by atoms with Gasteiger partial charge in [-0.15, -0.1) is 0 Å². The van der Waals surface area contributed by atoms with Crippen molar-refractivity contribution in [3.05, 3.63) is 11.9 Å². The van der Waals surface area contributed by atoms with Gasteiger partial charge in [-0.1, -0.05) is 19.8 Å². The van der Waals surface area contributed by atoms with Gasteiger partial charge in [0.25, 0.3) is 0 Å². The molecule has 0 bridgehead atoms. The molecule has 0 atom stereocenters. The average molecular weight is 291 g/mol. The highest BCUT2D eigenvalue weighted by Crippen LogP contribution is 2.28. The van der Waals surface area contributed by atoms with Crippen LogP contribution in [0.1, 0.15) is 44.9 Å². The summed E-state index contributed by atoms with van der Waals surface area (Å²) >= 11 is 0. The molecule has 6 heteroatoms. The first-order valence-electron chi connectivity index (χ1n) is 7.74. The zero-order chi connectivity index (χ0) is 15.2. The van der Waals surface area contributed by atoms with E-state index in [1.165, 1.54) is 12.8 Å². The number of nitrogens with zero attached hydrogens (tertiary/aromatic N) is 3. The van der Waals surface area contributed by atoms with Crippen molar-refractivity contribution < 1.29 is 4.79 Å². The van der Waals surface area contributed by atoms with E-state index in [1.807, 2.05) is 17.9 Å². The molecule has 3 N–H and O–H groups in total. The van der Waals surface area contributed by atoms with Gasteiger partial charge in [0.1, 0.15) is 17.5 Å². The predicted octanol–water partition coefficient (Wildman–Crippen LogP) is 1.84. The van der Waals surface area contributed by atoms with Crippen molar-refractivity contribution in [3.8, 4) is 0 Å². The van der Waals surface area contributed by atoms with E-state index >= 15 is 0 Å². The quantitative estimate of drug-likeness (QED) is 0.801.